The zero-order valence-corrected chi connectivity index (χ0v) is 15.9. The number of alkyl halides is 3. The minimum Gasteiger partial charge on any atom is -0.392 e. The average molecular weight is 421 g/mol. The first-order chi connectivity index (χ1) is 13.8. The van der Waals surface area contributed by atoms with Crippen LogP contribution in [-0.2, 0) is 24.1 Å². The number of carbonyl (C=O) groups excluding carboxylic acids is 2. The van der Waals surface area contributed by atoms with Crippen LogP contribution in [0.25, 0.3) is 0 Å². The van der Waals surface area contributed by atoms with Crippen LogP contribution in [0.5, 0.6) is 0 Å². The van der Waals surface area contributed by atoms with Gasteiger partial charge in [-0.1, -0.05) is 0 Å². The Hall–Kier alpha value is -1.07. The fourth-order valence-electron chi connectivity index (χ4n) is 5.22. The second-order valence-corrected chi connectivity index (χ2v) is 8.62. The van der Waals surface area contributed by atoms with Crippen molar-refractivity contribution < 1.29 is 42.4 Å². The molecule has 0 aromatic rings. The summed E-state index contributed by atoms with van der Waals surface area (Å²) in [5.41, 5.74) is 0. The molecule has 2 N–H and O–H groups in total. The third kappa shape index (κ3) is 4.23. The molecule has 10 heteroatoms. The van der Waals surface area contributed by atoms with E-state index in [2.05, 4.69) is 5.32 Å². The molecule has 7 nitrogen and oxygen atoms in total. The van der Waals surface area contributed by atoms with Crippen LogP contribution < -0.4 is 5.32 Å². The zero-order valence-electron chi connectivity index (χ0n) is 15.9. The van der Waals surface area contributed by atoms with Crippen molar-refractivity contribution in [3.8, 4) is 0 Å². The van der Waals surface area contributed by atoms with Crippen LogP contribution >= 0.6 is 0 Å². The van der Waals surface area contributed by atoms with E-state index in [-0.39, 0.29) is 50.3 Å². The Morgan fingerprint density at radius 1 is 1.17 bits per heavy atom. The van der Waals surface area contributed by atoms with Gasteiger partial charge in [-0.05, 0) is 38.0 Å². The smallest absolute Gasteiger partial charge is 0.392 e. The lowest BCUT2D eigenvalue weighted by Gasteiger charge is -2.40. The van der Waals surface area contributed by atoms with Gasteiger partial charge in [0.05, 0.1) is 12.7 Å². The van der Waals surface area contributed by atoms with Crippen molar-refractivity contribution >= 4 is 11.6 Å². The van der Waals surface area contributed by atoms with Gasteiger partial charge >= 0.3 is 6.18 Å². The van der Waals surface area contributed by atoms with E-state index in [1.54, 1.807) is 0 Å². The van der Waals surface area contributed by atoms with Crippen molar-refractivity contribution in [3.05, 3.63) is 0 Å². The molecule has 7 unspecified atom stereocenters. The number of ether oxygens (including phenoxy) is 1. The van der Waals surface area contributed by atoms with Gasteiger partial charge in [-0.25, -0.2) is 9.78 Å². The molecule has 0 radical (unpaired) electrons. The highest BCUT2D eigenvalue weighted by molar-refractivity contribution is 6.06. The van der Waals surface area contributed by atoms with Crippen molar-refractivity contribution in [2.45, 2.75) is 62.6 Å². The molecule has 0 aromatic heterocycles. The largest absolute Gasteiger partial charge is 0.403 e. The van der Waals surface area contributed by atoms with Gasteiger partial charge in [0.2, 0.25) is 0 Å². The number of Topliss-reactive ketones (excluding diaryl/α,β-unsaturated/α-hetero) is 2. The lowest BCUT2D eigenvalue weighted by molar-refractivity contribution is -0.248. The second kappa shape index (κ2) is 8.22. The molecule has 2 saturated carbocycles. The van der Waals surface area contributed by atoms with Crippen LogP contribution in [-0.4, -0.2) is 67.0 Å². The van der Waals surface area contributed by atoms with Gasteiger partial charge in [0.25, 0.3) is 0 Å². The van der Waals surface area contributed by atoms with E-state index in [9.17, 15) is 27.9 Å². The van der Waals surface area contributed by atoms with E-state index in [4.69, 9.17) is 14.5 Å². The molecule has 2 aliphatic heterocycles. The summed E-state index contributed by atoms with van der Waals surface area (Å²) >= 11 is 0. The quantitative estimate of drug-likeness (QED) is 0.509. The molecule has 2 saturated heterocycles. The predicted octanol–water partition coefficient (Wildman–Crippen LogP) is 1.18. The van der Waals surface area contributed by atoms with Crippen LogP contribution in [0.3, 0.4) is 0 Å². The average Bonchev–Trinajstić information content (AvgIpc) is 3.35. The molecule has 0 amide bonds. The SMILES string of the molecule is O=C1C2CCC(C2)C(O)C1C(=O)C1CCC(C(F)(F)F)NC1COC1COOC1. The number of ketones is 2. The number of nitrogens with one attached hydrogen (secondary N) is 1. The Balaban J connectivity index is 1.49. The molecule has 7 atom stereocenters. The van der Waals surface area contributed by atoms with E-state index < -0.39 is 48.1 Å². The molecular weight excluding hydrogens is 395 g/mol. The van der Waals surface area contributed by atoms with Crippen molar-refractivity contribution in [2.75, 3.05) is 19.8 Å². The van der Waals surface area contributed by atoms with Crippen molar-refractivity contribution in [3.63, 3.8) is 0 Å². The minimum absolute atomic E-state index is 0.00641. The zero-order chi connectivity index (χ0) is 20.8. The Bertz CT molecular complexity index is 638. The summed E-state index contributed by atoms with van der Waals surface area (Å²) in [5, 5.41) is 13.1. The Morgan fingerprint density at radius 2 is 1.90 bits per heavy atom. The van der Waals surface area contributed by atoms with Crippen molar-refractivity contribution in [1.29, 1.82) is 0 Å². The van der Waals surface area contributed by atoms with Crippen LogP contribution in [0.15, 0.2) is 0 Å². The maximum Gasteiger partial charge on any atom is 0.403 e. The topological polar surface area (TPSA) is 94.1 Å². The molecular formula is C19H26F3NO6. The first-order valence-corrected chi connectivity index (χ1v) is 10.2. The van der Waals surface area contributed by atoms with E-state index in [0.29, 0.717) is 19.3 Å². The number of carbonyl (C=O) groups is 2. The summed E-state index contributed by atoms with van der Waals surface area (Å²) in [6, 6.07) is -2.64. The number of rotatable bonds is 5. The maximum atomic E-state index is 13.3. The van der Waals surface area contributed by atoms with E-state index in [1.807, 2.05) is 0 Å². The first kappa shape index (κ1) is 21.2. The lowest BCUT2D eigenvalue weighted by Crippen LogP contribution is -2.59. The molecule has 4 rings (SSSR count). The predicted molar refractivity (Wildman–Crippen MR) is 91.5 cm³/mol. The minimum atomic E-state index is -4.44. The van der Waals surface area contributed by atoms with Gasteiger partial charge in [-0.2, -0.15) is 13.2 Å². The molecule has 0 aromatic carbocycles. The lowest BCUT2D eigenvalue weighted by atomic mass is 9.70. The molecule has 29 heavy (non-hydrogen) atoms. The third-order valence-electron chi connectivity index (χ3n) is 6.84. The summed E-state index contributed by atoms with van der Waals surface area (Å²) < 4.78 is 45.4. The number of aliphatic hydroxyl groups is 1. The van der Waals surface area contributed by atoms with Gasteiger partial charge in [0.1, 0.15) is 37.1 Å². The summed E-state index contributed by atoms with van der Waals surface area (Å²) in [6.07, 6.45) is -4.21. The number of aliphatic hydroxyl groups excluding tert-OH is 1. The summed E-state index contributed by atoms with van der Waals surface area (Å²) in [6.45, 7) is 0.193. The van der Waals surface area contributed by atoms with Gasteiger partial charge in [-0.15, -0.1) is 0 Å². The number of hydrogen-bond acceptors (Lipinski definition) is 7. The summed E-state index contributed by atoms with van der Waals surface area (Å²) in [4.78, 5) is 35.4. The number of fused-ring (bicyclic) bond motifs is 2. The van der Waals surface area contributed by atoms with Crippen molar-refractivity contribution in [2.24, 2.45) is 23.7 Å². The summed E-state index contributed by atoms with van der Waals surface area (Å²) in [5.74, 6) is -2.99. The van der Waals surface area contributed by atoms with Crippen molar-refractivity contribution in [1.82, 2.24) is 5.32 Å². The van der Waals surface area contributed by atoms with E-state index >= 15 is 0 Å². The summed E-state index contributed by atoms with van der Waals surface area (Å²) in [7, 11) is 0. The van der Waals surface area contributed by atoms with Crippen LogP contribution in [0.2, 0.25) is 0 Å². The highest BCUT2D eigenvalue weighted by Gasteiger charge is 2.53. The highest BCUT2D eigenvalue weighted by atomic mass is 19.4. The number of piperidine rings is 1. The standard InChI is InChI=1S/C19H26F3NO6/c20-19(21,22)14-4-3-12(13(23-14)8-27-11-6-28-29-7-11)18(26)15-16(24)9-1-2-10(5-9)17(15)25/h9-16,23-24H,1-8H2. The van der Waals surface area contributed by atoms with E-state index in [1.165, 1.54) is 0 Å². The Morgan fingerprint density at radius 3 is 2.59 bits per heavy atom. The monoisotopic (exact) mass is 421 g/mol. The van der Waals surface area contributed by atoms with E-state index in [0.717, 1.165) is 0 Å². The van der Waals surface area contributed by atoms with Crippen LogP contribution in [0, 0.1) is 23.7 Å². The molecule has 4 aliphatic rings. The highest BCUT2D eigenvalue weighted by Crippen LogP contribution is 2.44. The molecule has 2 aliphatic carbocycles. The van der Waals surface area contributed by atoms with Gasteiger partial charge in [0.15, 0.2) is 5.78 Å². The van der Waals surface area contributed by atoms with Gasteiger partial charge in [-0.3, -0.25) is 9.59 Å². The third-order valence-corrected chi connectivity index (χ3v) is 6.84. The Kier molecular flexibility index (Phi) is 6.00. The fraction of sp³-hybridized carbons (Fsp3) is 0.895. The first-order valence-electron chi connectivity index (χ1n) is 10.2. The number of halogens is 3. The van der Waals surface area contributed by atoms with Gasteiger partial charge in [0, 0.05) is 17.9 Å². The second-order valence-electron chi connectivity index (χ2n) is 8.62. The van der Waals surface area contributed by atoms with Gasteiger partial charge < -0.3 is 15.2 Å². The maximum absolute atomic E-state index is 13.3. The van der Waals surface area contributed by atoms with Crippen LogP contribution in [0.4, 0.5) is 13.2 Å². The number of hydrogen-bond donors (Lipinski definition) is 2. The molecule has 4 fully saturated rings. The Labute approximate surface area is 166 Å². The molecule has 2 bridgehead atoms. The molecule has 0 spiro atoms. The normalized spacial score (nSPS) is 41.1. The van der Waals surface area contributed by atoms with Crippen LogP contribution in [0.1, 0.15) is 32.1 Å². The molecule has 164 valence electrons. The molecule has 2 heterocycles. The fourth-order valence-corrected chi connectivity index (χ4v) is 5.22.